The number of amides is 2. The second-order valence-electron chi connectivity index (χ2n) is 7.43. The molecule has 1 aromatic carbocycles. The summed E-state index contributed by atoms with van der Waals surface area (Å²) in [6.07, 6.45) is -2.90. The lowest BCUT2D eigenvalue weighted by molar-refractivity contribution is -0.137. The maximum atomic E-state index is 12.8. The Morgan fingerprint density at radius 2 is 1.88 bits per heavy atom. The van der Waals surface area contributed by atoms with Gasteiger partial charge in [-0.05, 0) is 42.9 Å². The zero-order valence-corrected chi connectivity index (χ0v) is 14.6. The summed E-state index contributed by atoms with van der Waals surface area (Å²) < 4.78 is 38.3. The van der Waals surface area contributed by atoms with Gasteiger partial charge in [-0.3, -0.25) is 14.9 Å². The molecule has 3 rings (SSSR count). The van der Waals surface area contributed by atoms with Crippen molar-refractivity contribution in [3.8, 4) is 0 Å². The van der Waals surface area contributed by atoms with Crippen molar-refractivity contribution in [1.82, 2.24) is 16.0 Å². The quantitative estimate of drug-likeness (QED) is 0.764. The fourth-order valence-electron chi connectivity index (χ4n) is 3.31. The molecule has 3 atom stereocenters. The van der Waals surface area contributed by atoms with Crippen molar-refractivity contribution >= 4 is 11.8 Å². The van der Waals surface area contributed by atoms with Crippen LogP contribution >= 0.6 is 0 Å². The second-order valence-corrected chi connectivity index (χ2v) is 7.43. The van der Waals surface area contributed by atoms with E-state index in [0.717, 1.165) is 25.0 Å². The first-order valence-corrected chi connectivity index (χ1v) is 8.61. The molecule has 0 bridgehead atoms. The van der Waals surface area contributed by atoms with Crippen molar-refractivity contribution in [3.05, 3.63) is 35.4 Å². The zero-order chi connectivity index (χ0) is 19.1. The van der Waals surface area contributed by atoms with Gasteiger partial charge in [0.1, 0.15) is 0 Å². The van der Waals surface area contributed by atoms with E-state index in [0.29, 0.717) is 5.56 Å². The van der Waals surface area contributed by atoms with Gasteiger partial charge >= 0.3 is 6.18 Å². The molecule has 3 N–H and O–H groups in total. The highest BCUT2D eigenvalue weighted by atomic mass is 19.4. The average Bonchev–Trinajstić information content (AvgIpc) is 3.29. The highest BCUT2D eigenvalue weighted by Gasteiger charge is 2.47. The highest BCUT2D eigenvalue weighted by molar-refractivity contribution is 5.89. The Kier molecular flexibility index (Phi) is 4.72. The normalized spacial score (nSPS) is 26.0. The van der Waals surface area contributed by atoms with E-state index in [-0.39, 0.29) is 35.9 Å². The Balaban J connectivity index is 1.77. The summed E-state index contributed by atoms with van der Waals surface area (Å²) in [6, 6.07) is 3.86. The Hall–Kier alpha value is -2.09. The van der Waals surface area contributed by atoms with E-state index in [1.165, 1.54) is 12.1 Å². The first-order chi connectivity index (χ1) is 12.1. The first kappa shape index (κ1) is 18.7. The van der Waals surface area contributed by atoms with Gasteiger partial charge < -0.3 is 10.6 Å². The molecule has 142 valence electrons. The molecule has 1 saturated heterocycles. The number of nitrogens with one attached hydrogen (secondary N) is 3. The smallest absolute Gasteiger partial charge is 0.347 e. The Bertz CT molecular complexity index is 699. The highest BCUT2D eigenvalue weighted by Crippen LogP contribution is 2.54. The minimum Gasteiger partial charge on any atom is -0.347 e. The van der Waals surface area contributed by atoms with Gasteiger partial charge in [0.25, 0.3) is 0 Å². The number of carbonyl (C=O) groups excluding carboxylic acids is 2. The van der Waals surface area contributed by atoms with Crippen LogP contribution in [0.25, 0.3) is 0 Å². The lowest BCUT2D eigenvalue weighted by Crippen LogP contribution is -2.60. The monoisotopic (exact) mass is 369 g/mol. The standard InChI is InChI=1S/C18H22F3N3O2/c1-10-22-13(9-14(25)23-10)16(26)24-15(17(2)7-8-17)11-3-5-12(6-4-11)18(19,20)21/h3-6,10,13,15,22H,7-9H2,1-2H3,(H,23,25)(H,24,26)/t10?,13?,15-/m0/s1. The second kappa shape index (κ2) is 6.57. The van der Waals surface area contributed by atoms with Crippen LogP contribution in [-0.2, 0) is 15.8 Å². The van der Waals surface area contributed by atoms with Gasteiger partial charge in [0.2, 0.25) is 11.8 Å². The van der Waals surface area contributed by atoms with Crippen LogP contribution in [0.3, 0.4) is 0 Å². The number of halogens is 3. The van der Waals surface area contributed by atoms with Crippen LogP contribution in [0.4, 0.5) is 13.2 Å². The molecule has 26 heavy (non-hydrogen) atoms. The minimum atomic E-state index is -4.39. The third-order valence-electron chi connectivity index (χ3n) is 5.13. The minimum absolute atomic E-state index is 0.0343. The van der Waals surface area contributed by atoms with E-state index in [4.69, 9.17) is 0 Å². The van der Waals surface area contributed by atoms with E-state index < -0.39 is 17.8 Å². The molecule has 1 aromatic rings. The molecule has 5 nitrogen and oxygen atoms in total. The van der Waals surface area contributed by atoms with Crippen LogP contribution < -0.4 is 16.0 Å². The molecule has 1 saturated carbocycles. The van der Waals surface area contributed by atoms with Crippen LogP contribution in [-0.4, -0.2) is 24.0 Å². The Morgan fingerprint density at radius 3 is 2.38 bits per heavy atom. The Morgan fingerprint density at radius 1 is 1.27 bits per heavy atom. The molecular weight excluding hydrogens is 347 g/mol. The summed E-state index contributed by atoms with van der Waals surface area (Å²) in [5.41, 5.74) is -0.260. The molecule has 8 heteroatoms. The Labute approximate surface area is 149 Å². The van der Waals surface area contributed by atoms with Gasteiger partial charge in [0.05, 0.1) is 30.2 Å². The fourth-order valence-corrected chi connectivity index (χ4v) is 3.31. The molecule has 0 aromatic heterocycles. The van der Waals surface area contributed by atoms with Gasteiger partial charge in [-0.1, -0.05) is 19.1 Å². The summed E-state index contributed by atoms with van der Waals surface area (Å²) >= 11 is 0. The van der Waals surface area contributed by atoms with Crippen LogP contribution in [0.15, 0.2) is 24.3 Å². The van der Waals surface area contributed by atoms with E-state index in [1.54, 1.807) is 6.92 Å². The molecule has 2 unspecified atom stereocenters. The van der Waals surface area contributed by atoms with Crippen molar-refractivity contribution in [2.45, 2.75) is 57.5 Å². The van der Waals surface area contributed by atoms with Gasteiger partial charge in [-0.2, -0.15) is 13.2 Å². The van der Waals surface area contributed by atoms with E-state index >= 15 is 0 Å². The number of hydrogen-bond donors (Lipinski definition) is 3. The van der Waals surface area contributed by atoms with Crippen molar-refractivity contribution in [2.75, 3.05) is 0 Å². The predicted octanol–water partition coefficient (Wildman–Crippen LogP) is 2.49. The van der Waals surface area contributed by atoms with E-state index in [9.17, 15) is 22.8 Å². The number of hydrogen-bond acceptors (Lipinski definition) is 3. The maximum Gasteiger partial charge on any atom is 0.416 e. The first-order valence-electron chi connectivity index (χ1n) is 8.61. The summed E-state index contributed by atoms with van der Waals surface area (Å²) in [4.78, 5) is 24.3. The molecule has 2 aliphatic rings. The van der Waals surface area contributed by atoms with Crippen LogP contribution in [0.2, 0.25) is 0 Å². The number of benzene rings is 1. The molecule has 1 aliphatic heterocycles. The number of rotatable bonds is 4. The fraction of sp³-hybridized carbons (Fsp3) is 0.556. The van der Waals surface area contributed by atoms with Gasteiger partial charge in [0, 0.05) is 0 Å². The van der Waals surface area contributed by atoms with Crippen molar-refractivity contribution in [2.24, 2.45) is 5.41 Å². The largest absolute Gasteiger partial charge is 0.416 e. The number of alkyl halides is 3. The van der Waals surface area contributed by atoms with Gasteiger partial charge in [0.15, 0.2) is 0 Å². The molecule has 1 aliphatic carbocycles. The summed E-state index contributed by atoms with van der Waals surface area (Å²) in [7, 11) is 0. The molecular formula is C18H22F3N3O2. The molecule has 1 heterocycles. The molecule has 2 fully saturated rings. The van der Waals surface area contributed by atoms with Gasteiger partial charge in [-0.25, -0.2) is 0 Å². The van der Waals surface area contributed by atoms with Crippen molar-refractivity contribution in [1.29, 1.82) is 0 Å². The van der Waals surface area contributed by atoms with Crippen LogP contribution in [0.1, 0.15) is 50.3 Å². The summed E-state index contributed by atoms with van der Waals surface area (Å²) in [5.74, 6) is -0.523. The number of carbonyl (C=O) groups is 2. The van der Waals surface area contributed by atoms with Gasteiger partial charge in [-0.15, -0.1) is 0 Å². The molecule has 0 spiro atoms. The SMILES string of the molecule is CC1NC(=O)CC(C(=O)N[C@@H](c2ccc(C(F)(F)F)cc2)C2(C)CC2)N1. The van der Waals surface area contributed by atoms with Crippen molar-refractivity contribution in [3.63, 3.8) is 0 Å². The third-order valence-corrected chi connectivity index (χ3v) is 5.13. The average molecular weight is 369 g/mol. The zero-order valence-electron chi connectivity index (χ0n) is 14.6. The lowest BCUT2D eigenvalue weighted by Gasteiger charge is -2.32. The third kappa shape index (κ3) is 4.00. The molecule has 0 radical (unpaired) electrons. The van der Waals surface area contributed by atoms with Crippen molar-refractivity contribution < 1.29 is 22.8 Å². The summed E-state index contributed by atoms with van der Waals surface area (Å²) in [6.45, 7) is 3.74. The molecule has 2 amide bonds. The predicted molar refractivity (Wildman–Crippen MR) is 88.8 cm³/mol. The summed E-state index contributed by atoms with van der Waals surface area (Å²) in [5, 5.41) is 8.63. The lowest BCUT2D eigenvalue weighted by atomic mass is 9.90. The topological polar surface area (TPSA) is 70.2 Å². The van der Waals surface area contributed by atoms with Crippen LogP contribution in [0, 0.1) is 5.41 Å². The van der Waals surface area contributed by atoms with Crippen LogP contribution in [0.5, 0.6) is 0 Å². The maximum absolute atomic E-state index is 12.8. The van der Waals surface area contributed by atoms with E-state index in [1.807, 2.05) is 6.92 Å². The van der Waals surface area contributed by atoms with E-state index in [2.05, 4.69) is 16.0 Å².